The Labute approximate surface area is 209 Å². The van der Waals surface area contributed by atoms with Crippen molar-refractivity contribution in [2.24, 2.45) is 11.8 Å². The van der Waals surface area contributed by atoms with E-state index in [2.05, 4.69) is 16.7 Å². The molecule has 0 saturated carbocycles. The van der Waals surface area contributed by atoms with Crippen LogP contribution in [0, 0.1) is 11.8 Å². The Morgan fingerprint density at radius 3 is 1.76 bits per heavy atom. The van der Waals surface area contributed by atoms with Crippen LogP contribution in [0.2, 0.25) is 0 Å². The normalized spacial score (nSPS) is 20.3. The molecule has 0 aromatic carbocycles. The predicted octanol–water partition coefficient (Wildman–Crippen LogP) is 5.43. The molecule has 0 spiro atoms. The van der Waals surface area contributed by atoms with Gasteiger partial charge in [0.25, 0.3) is 0 Å². The fourth-order valence-corrected chi connectivity index (χ4v) is 4.99. The molecule has 0 bridgehead atoms. The van der Waals surface area contributed by atoms with Gasteiger partial charge in [-0.15, -0.1) is 0 Å². The van der Waals surface area contributed by atoms with Crippen LogP contribution in [0.5, 0.6) is 0 Å². The van der Waals surface area contributed by atoms with Crippen molar-refractivity contribution in [2.45, 2.75) is 117 Å². The van der Waals surface area contributed by atoms with Crippen LogP contribution < -0.4 is 0 Å². The third-order valence-electron chi connectivity index (χ3n) is 8.05. The number of piperidine rings is 2. The average Bonchev–Trinajstić information content (AvgIpc) is 2.82. The SMILES string of the molecule is CCC(C)OC(=O)CCN1CCC(CCCC2CCN(CCC(=O)OC(C)(C)CC)CC2)CC1. The Hall–Kier alpha value is -1.14. The van der Waals surface area contributed by atoms with E-state index in [0.29, 0.717) is 12.8 Å². The van der Waals surface area contributed by atoms with Crippen molar-refractivity contribution in [3.63, 3.8) is 0 Å². The molecule has 0 radical (unpaired) electrons. The smallest absolute Gasteiger partial charge is 0.307 e. The lowest BCUT2D eigenvalue weighted by atomic mass is 9.87. The van der Waals surface area contributed by atoms with Crippen LogP contribution in [0.15, 0.2) is 0 Å². The molecule has 198 valence electrons. The van der Waals surface area contributed by atoms with E-state index >= 15 is 0 Å². The highest BCUT2D eigenvalue weighted by molar-refractivity contribution is 5.70. The molecular formula is C28H52N2O4. The van der Waals surface area contributed by atoms with E-state index in [4.69, 9.17) is 9.47 Å². The first-order valence-corrected chi connectivity index (χ1v) is 14.1. The molecular weight excluding hydrogens is 428 g/mol. The molecule has 0 aromatic rings. The summed E-state index contributed by atoms with van der Waals surface area (Å²) in [5.41, 5.74) is -0.345. The van der Waals surface area contributed by atoms with Crippen molar-refractivity contribution in [2.75, 3.05) is 39.3 Å². The van der Waals surface area contributed by atoms with Gasteiger partial charge in [0.1, 0.15) is 5.60 Å². The number of ether oxygens (including phenoxy) is 2. The van der Waals surface area contributed by atoms with Crippen molar-refractivity contribution in [1.29, 1.82) is 0 Å². The molecule has 2 aliphatic heterocycles. The van der Waals surface area contributed by atoms with Gasteiger partial charge in [0, 0.05) is 13.1 Å². The molecule has 2 saturated heterocycles. The van der Waals surface area contributed by atoms with Gasteiger partial charge in [0.05, 0.1) is 18.9 Å². The van der Waals surface area contributed by atoms with E-state index in [1.54, 1.807) is 0 Å². The maximum atomic E-state index is 12.1. The zero-order chi connectivity index (χ0) is 25.0. The van der Waals surface area contributed by atoms with Gasteiger partial charge in [0.15, 0.2) is 0 Å². The Bertz CT molecular complexity index is 593. The second-order valence-corrected chi connectivity index (χ2v) is 11.3. The lowest BCUT2D eigenvalue weighted by Crippen LogP contribution is -2.36. The van der Waals surface area contributed by atoms with E-state index in [9.17, 15) is 9.59 Å². The quantitative estimate of drug-likeness (QED) is 0.309. The number of carbonyl (C=O) groups is 2. The second-order valence-electron chi connectivity index (χ2n) is 11.3. The van der Waals surface area contributed by atoms with Crippen LogP contribution in [0.4, 0.5) is 0 Å². The molecule has 2 heterocycles. The summed E-state index contributed by atoms with van der Waals surface area (Å²) in [6.07, 6.45) is 11.9. The number of hydrogen-bond acceptors (Lipinski definition) is 6. The van der Waals surface area contributed by atoms with E-state index in [-0.39, 0.29) is 23.6 Å². The summed E-state index contributed by atoms with van der Waals surface area (Å²) in [6.45, 7) is 16.2. The van der Waals surface area contributed by atoms with Crippen LogP contribution >= 0.6 is 0 Å². The molecule has 0 N–H and O–H groups in total. The zero-order valence-corrected chi connectivity index (χ0v) is 22.8. The van der Waals surface area contributed by atoms with Gasteiger partial charge in [-0.1, -0.05) is 33.1 Å². The van der Waals surface area contributed by atoms with Gasteiger partial charge in [0.2, 0.25) is 0 Å². The van der Waals surface area contributed by atoms with Crippen molar-refractivity contribution in [3.05, 3.63) is 0 Å². The first-order valence-electron chi connectivity index (χ1n) is 14.1. The summed E-state index contributed by atoms with van der Waals surface area (Å²) < 4.78 is 11.0. The molecule has 6 nitrogen and oxygen atoms in total. The molecule has 0 amide bonds. The minimum absolute atomic E-state index is 0.0347. The van der Waals surface area contributed by atoms with Crippen LogP contribution in [-0.2, 0) is 19.1 Å². The number of nitrogens with zero attached hydrogens (tertiary/aromatic N) is 2. The van der Waals surface area contributed by atoms with Gasteiger partial charge in [-0.25, -0.2) is 0 Å². The standard InChI is InChI=1S/C28H52N2O4/c1-6-23(3)33-26(31)15-21-29-17-11-24(12-18-29)9-8-10-25-13-19-30(20-14-25)22-16-27(32)34-28(4,5)7-2/h23-25H,6-22H2,1-5H3. The highest BCUT2D eigenvalue weighted by Gasteiger charge is 2.24. The highest BCUT2D eigenvalue weighted by atomic mass is 16.6. The van der Waals surface area contributed by atoms with Crippen molar-refractivity contribution >= 4 is 11.9 Å². The maximum absolute atomic E-state index is 12.1. The summed E-state index contributed by atoms with van der Waals surface area (Å²) in [5, 5.41) is 0. The number of likely N-dealkylation sites (tertiary alicyclic amines) is 2. The van der Waals surface area contributed by atoms with Crippen LogP contribution in [0.1, 0.15) is 105 Å². The van der Waals surface area contributed by atoms with Gasteiger partial charge < -0.3 is 19.3 Å². The molecule has 1 unspecified atom stereocenters. The fourth-order valence-electron chi connectivity index (χ4n) is 4.99. The summed E-state index contributed by atoms with van der Waals surface area (Å²) in [6, 6.07) is 0. The summed E-state index contributed by atoms with van der Waals surface area (Å²) in [7, 11) is 0. The van der Waals surface area contributed by atoms with Gasteiger partial charge >= 0.3 is 11.9 Å². The van der Waals surface area contributed by atoms with Crippen LogP contribution in [0.3, 0.4) is 0 Å². The number of carbonyl (C=O) groups excluding carboxylic acids is 2. The Morgan fingerprint density at radius 2 is 1.32 bits per heavy atom. The fraction of sp³-hybridized carbons (Fsp3) is 0.929. The van der Waals surface area contributed by atoms with Crippen molar-refractivity contribution in [3.8, 4) is 0 Å². The third-order valence-corrected chi connectivity index (χ3v) is 8.05. The van der Waals surface area contributed by atoms with Gasteiger partial charge in [-0.3, -0.25) is 9.59 Å². The Balaban J connectivity index is 1.50. The van der Waals surface area contributed by atoms with Crippen LogP contribution in [-0.4, -0.2) is 72.7 Å². The first-order chi connectivity index (χ1) is 16.2. The second kappa shape index (κ2) is 15.1. The van der Waals surface area contributed by atoms with E-state index in [0.717, 1.165) is 63.9 Å². The van der Waals surface area contributed by atoms with Gasteiger partial charge in [-0.2, -0.15) is 0 Å². The minimum atomic E-state index is -0.345. The largest absolute Gasteiger partial charge is 0.463 e. The molecule has 34 heavy (non-hydrogen) atoms. The molecule has 2 fully saturated rings. The van der Waals surface area contributed by atoms with Crippen molar-refractivity contribution in [1.82, 2.24) is 9.80 Å². The Morgan fingerprint density at radius 1 is 0.853 bits per heavy atom. The molecule has 1 atom stereocenters. The molecule has 0 aliphatic carbocycles. The lowest BCUT2D eigenvalue weighted by molar-refractivity contribution is -0.157. The monoisotopic (exact) mass is 480 g/mol. The first kappa shape index (κ1) is 29.1. The summed E-state index contributed by atoms with van der Waals surface area (Å²) in [5.74, 6) is 1.58. The van der Waals surface area contributed by atoms with E-state index in [1.807, 2.05) is 27.7 Å². The van der Waals surface area contributed by atoms with Crippen molar-refractivity contribution < 1.29 is 19.1 Å². The maximum Gasteiger partial charge on any atom is 0.307 e. The molecule has 2 rings (SSSR count). The topological polar surface area (TPSA) is 59.1 Å². The predicted molar refractivity (Wildman–Crippen MR) is 138 cm³/mol. The van der Waals surface area contributed by atoms with E-state index in [1.165, 1.54) is 44.9 Å². The molecule has 6 heteroatoms. The van der Waals surface area contributed by atoms with E-state index < -0.39 is 0 Å². The lowest BCUT2D eigenvalue weighted by Gasteiger charge is -2.33. The molecule has 0 aromatic heterocycles. The van der Waals surface area contributed by atoms with Gasteiger partial charge in [-0.05, 0) is 97.3 Å². The zero-order valence-electron chi connectivity index (χ0n) is 22.8. The average molecular weight is 481 g/mol. The summed E-state index contributed by atoms with van der Waals surface area (Å²) >= 11 is 0. The Kier molecular flexibility index (Phi) is 12.9. The number of hydrogen-bond donors (Lipinski definition) is 0. The van der Waals surface area contributed by atoms with Crippen LogP contribution in [0.25, 0.3) is 0 Å². The number of rotatable bonds is 14. The summed E-state index contributed by atoms with van der Waals surface area (Å²) in [4.78, 5) is 28.8. The molecule has 2 aliphatic rings. The highest BCUT2D eigenvalue weighted by Crippen LogP contribution is 2.27. The number of esters is 2. The minimum Gasteiger partial charge on any atom is -0.463 e. The third kappa shape index (κ3) is 11.5.